The quantitative estimate of drug-likeness (QED) is 0.711. The molecule has 0 N–H and O–H groups in total. The molecule has 0 aliphatic carbocycles. The lowest BCUT2D eigenvalue weighted by Crippen LogP contribution is -2.40. The van der Waals surface area contributed by atoms with E-state index in [2.05, 4.69) is 56.9 Å². The molecule has 1 aromatic carbocycles. The SMILES string of the molecule is CC(C)C1Cc2ccccc2N1C(C)C. The van der Waals surface area contributed by atoms with Crippen LogP contribution in [-0.2, 0) is 6.42 Å². The summed E-state index contributed by atoms with van der Waals surface area (Å²) in [5.74, 6) is 0.722. The summed E-state index contributed by atoms with van der Waals surface area (Å²) in [6.45, 7) is 9.23. The Morgan fingerprint density at radius 1 is 1.13 bits per heavy atom. The Bertz CT molecular complexity index is 341. The van der Waals surface area contributed by atoms with Gasteiger partial charge < -0.3 is 4.90 Å². The molecular weight excluding hydrogens is 182 g/mol. The molecule has 1 unspecified atom stereocenters. The molecule has 82 valence electrons. The molecule has 0 radical (unpaired) electrons. The molecule has 0 amide bonds. The maximum absolute atomic E-state index is 2.58. The Balaban J connectivity index is 2.38. The van der Waals surface area contributed by atoms with E-state index in [1.807, 2.05) is 0 Å². The maximum atomic E-state index is 2.58. The number of benzene rings is 1. The van der Waals surface area contributed by atoms with E-state index in [1.54, 1.807) is 0 Å². The number of fused-ring (bicyclic) bond motifs is 1. The second kappa shape index (κ2) is 3.88. The average molecular weight is 203 g/mol. The first-order valence-electron chi connectivity index (χ1n) is 5.97. The summed E-state index contributed by atoms with van der Waals surface area (Å²) in [5.41, 5.74) is 2.97. The zero-order valence-electron chi connectivity index (χ0n) is 10.2. The third-order valence-corrected chi connectivity index (χ3v) is 3.38. The van der Waals surface area contributed by atoms with Crippen molar-refractivity contribution in [1.82, 2.24) is 0 Å². The van der Waals surface area contributed by atoms with Crippen LogP contribution in [0.2, 0.25) is 0 Å². The van der Waals surface area contributed by atoms with Crippen molar-refractivity contribution in [1.29, 1.82) is 0 Å². The molecule has 1 atom stereocenters. The summed E-state index contributed by atoms with van der Waals surface area (Å²) >= 11 is 0. The topological polar surface area (TPSA) is 3.24 Å². The van der Waals surface area contributed by atoms with Crippen LogP contribution in [0.15, 0.2) is 24.3 Å². The highest BCUT2D eigenvalue weighted by atomic mass is 15.2. The van der Waals surface area contributed by atoms with Crippen molar-refractivity contribution in [3.8, 4) is 0 Å². The van der Waals surface area contributed by atoms with Gasteiger partial charge in [0.1, 0.15) is 0 Å². The van der Waals surface area contributed by atoms with Crippen LogP contribution in [0, 0.1) is 5.92 Å². The summed E-state index contributed by atoms with van der Waals surface area (Å²) < 4.78 is 0. The third-order valence-electron chi connectivity index (χ3n) is 3.38. The largest absolute Gasteiger partial charge is 0.365 e. The number of anilines is 1. The van der Waals surface area contributed by atoms with E-state index >= 15 is 0 Å². The molecule has 1 aliphatic heterocycles. The minimum absolute atomic E-state index is 0.598. The lowest BCUT2D eigenvalue weighted by Gasteiger charge is -2.34. The number of rotatable bonds is 2. The van der Waals surface area contributed by atoms with Gasteiger partial charge in [-0.25, -0.2) is 0 Å². The standard InChI is InChI=1S/C14H21N/c1-10(2)14-9-12-7-5-6-8-13(12)15(14)11(3)4/h5-8,10-11,14H,9H2,1-4H3. The fraction of sp³-hybridized carbons (Fsp3) is 0.571. The second-order valence-electron chi connectivity index (χ2n) is 5.15. The average Bonchev–Trinajstić information content (AvgIpc) is 2.56. The van der Waals surface area contributed by atoms with Gasteiger partial charge in [-0.3, -0.25) is 0 Å². The second-order valence-corrected chi connectivity index (χ2v) is 5.15. The third kappa shape index (κ3) is 1.75. The van der Waals surface area contributed by atoms with E-state index < -0.39 is 0 Å². The molecular formula is C14H21N. The van der Waals surface area contributed by atoms with Gasteiger partial charge in [0.05, 0.1) is 0 Å². The first-order chi connectivity index (χ1) is 7.11. The molecule has 0 saturated carbocycles. The van der Waals surface area contributed by atoms with E-state index in [-0.39, 0.29) is 0 Å². The zero-order chi connectivity index (χ0) is 11.0. The van der Waals surface area contributed by atoms with Crippen LogP contribution in [-0.4, -0.2) is 12.1 Å². The molecule has 0 aromatic heterocycles. The van der Waals surface area contributed by atoms with Crippen LogP contribution in [0.25, 0.3) is 0 Å². The van der Waals surface area contributed by atoms with Crippen LogP contribution in [0.5, 0.6) is 0 Å². The van der Waals surface area contributed by atoms with E-state index in [0.717, 1.165) is 5.92 Å². The summed E-state index contributed by atoms with van der Waals surface area (Å²) in [7, 11) is 0. The normalized spacial score (nSPS) is 20.1. The summed E-state index contributed by atoms with van der Waals surface area (Å²) in [6.07, 6.45) is 1.21. The van der Waals surface area contributed by atoms with Crippen LogP contribution in [0.4, 0.5) is 5.69 Å². The highest BCUT2D eigenvalue weighted by molar-refractivity contribution is 5.60. The maximum Gasteiger partial charge on any atom is 0.0404 e. The minimum Gasteiger partial charge on any atom is -0.365 e. The van der Waals surface area contributed by atoms with Crippen molar-refractivity contribution in [3.05, 3.63) is 29.8 Å². The van der Waals surface area contributed by atoms with Crippen molar-refractivity contribution in [2.24, 2.45) is 5.92 Å². The van der Waals surface area contributed by atoms with Crippen molar-refractivity contribution in [2.45, 2.75) is 46.2 Å². The number of hydrogen-bond acceptors (Lipinski definition) is 1. The van der Waals surface area contributed by atoms with Crippen LogP contribution in [0.1, 0.15) is 33.3 Å². The predicted octanol–water partition coefficient (Wildman–Crippen LogP) is 3.48. The Labute approximate surface area is 93.1 Å². The van der Waals surface area contributed by atoms with Gasteiger partial charge in [-0.15, -0.1) is 0 Å². The van der Waals surface area contributed by atoms with Gasteiger partial charge in [0.2, 0.25) is 0 Å². The molecule has 1 nitrogen and oxygen atoms in total. The van der Waals surface area contributed by atoms with Crippen molar-refractivity contribution < 1.29 is 0 Å². The van der Waals surface area contributed by atoms with E-state index in [0.29, 0.717) is 12.1 Å². The first-order valence-corrected chi connectivity index (χ1v) is 5.97. The zero-order valence-corrected chi connectivity index (χ0v) is 10.2. The Kier molecular flexibility index (Phi) is 2.72. The van der Waals surface area contributed by atoms with E-state index in [1.165, 1.54) is 17.7 Å². The van der Waals surface area contributed by atoms with Crippen molar-refractivity contribution in [2.75, 3.05) is 4.90 Å². The molecule has 2 rings (SSSR count). The fourth-order valence-corrected chi connectivity index (χ4v) is 2.66. The van der Waals surface area contributed by atoms with Crippen LogP contribution < -0.4 is 4.90 Å². The molecule has 0 bridgehead atoms. The molecule has 1 heteroatoms. The van der Waals surface area contributed by atoms with E-state index in [9.17, 15) is 0 Å². The van der Waals surface area contributed by atoms with Gasteiger partial charge in [0, 0.05) is 17.8 Å². The summed E-state index contributed by atoms with van der Waals surface area (Å²) in [6, 6.07) is 10.1. The van der Waals surface area contributed by atoms with Gasteiger partial charge in [-0.1, -0.05) is 32.0 Å². The molecule has 1 heterocycles. The lowest BCUT2D eigenvalue weighted by molar-refractivity contribution is 0.448. The highest BCUT2D eigenvalue weighted by Crippen LogP contribution is 2.36. The number of hydrogen-bond donors (Lipinski definition) is 0. The fourth-order valence-electron chi connectivity index (χ4n) is 2.66. The highest BCUT2D eigenvalue weighted by Gasteiger charge is 2.32. The van der Waals surface area contributed by atoms with Crippen LogP contribution >= 0.6 is 0 Å². The lowest BCUT2D eigenvalue weighted by atomic mass is 9.99. The molecule has 1 aliphatic rings. The molecule has 0 saturated heterocycles. The van der Waals surface area contributed by atoms with Crippen LogP contribution in [0.3, 0.4) is 0 Å². The smallest absolute Gasteiger partial charge is 0.0404 e. The first kappa shape index (κ1) is 10.5. The molecule has 0 fully saturated rings. The predicted molar refractivity (Wildman–Crippen MR) is 66.4 cm³/mol. The summed E-state index contributed by atoms with van der Waals surface area (Å²) in [5, 5.41) is 0. The van der Waals surface area contributed by atoms with E-state index in [4.69, 9.17) is 0 Å². The van der Waals surface area contributed by atoms with Gasteiger partial charge >= 0.3 is 0 Å². The monoisotopic (exact) mass is 203 g/mol. The van der Waals surface area contributed by atoms with Crippen molar-refractivity contribution >= 4 is 5.69 Å². The van der Waals surface area contributed by atoms with Gasteiger partial charge in [-0.05, 0) is 37.8 Å². The Hall–Kier alpha value is -0.980. The summed E-state index contributed by atoms with van der Waals surface area (Å²) in [4.78, 5) is 2.58. The minimum atomic E-state index is 0.598. The number of nitrogens with zero attached hydrogens (tertiary/aromatic N) is 1. The molecule has 1 aromatic rings. The number of para-hydroxylation sites is 1. The molecule has 0 spiro atoms. The van der Waals surface area contributed by atoms with Gasteiger partial charge in [0.15, 0.2) is 0 Å². The van der Waals surface area contributed by atoms with Gasteiger partial charge in [0.25, 0.3) is 0 Å². The van der Waals surface area contributed by atoms with Crippen molar-refractivity contribution in [3.63, 3.8) is 0 Å². The Morgan fingerprint density at radius 3 is 2.40 bits per heavy atom. The molecule has 15 heavy (non-hydrogen) atoms. The Morgan fingerprint density at radius 2 is 1.80 bits per heavy atom. The van der Waals surface area contributed by atoms with Gasteiger partial charge in [-0.2, -0.15) is 0 Å².